The summed E-state index contributed by atoms with van der Waals surface area (Å²) in [5, 5.41) is 8.92. The van der Waals surface area contributed by atoms with Gasteiger partial charge in [-0.25, -0.2) is 4.79 Å². The molecule has 21 heavy (non-hydrogen) atoms. The van der Waals surface area contributed by atoms with E-state index in [9.17, 15) is 4.79 Å². The molecule has 0 aromatic carbocycles. The highest BCUT2D eigenvalue weighted by molar-refractivity contribution is 5.69. The molecule has 6 heteroatoms. The highest BCUT2D eigenvalue weighted by Crippen LogP contribution is 2.22. The van der Waals surface area contributed by atoms with Gasteiger partial charge in [0, 0.05) is 6.54 Å². The molecule has 1 N–H and O–H groups in total. The largest absolute Gasteiger partial charge is 0.490 e. The monoisotopic (exact) mass is 294 g/mol. The van der Waals surface area contributed by atoms with Gasteiger partial charge in [-0.1, -0.05) is 0 Å². The number of amides is 1. The molecule has 0 spiro atoms. The first kappa shape index (κ1) is 15.6. The Morgan fingerprint density at radius 3 is 2.71 bits per heavy atom. The zero-order valence-corrected chi connectivity index (χ0v) is 12.7. The second kappa shape index (κ2) is 6.30. The van der Waals surface area contributed by atoms with Gasteiger partial charge in [0.15, 0.2) is 0 Å². The molecule has 1 amide bonds. The summed E-state index contributed by atoms with van der Waals surface area (Å²) in [6, 6.07) is 3.51. The molecule has 0 unspecified atom stereocenters. The number of aromatic nitrogens is 1. The van der Waals surface area contributed by atoms with Gasteiger partial charge < -0.3 is 19.5 Å². The van der Waals surface area contributed by atoms with Gasteiger partial charge in [0.2, 0.25) is 0 Å². The normalized spacial score (nSPS) is 18.1. The number of rotatable bonds is 4. The number of carbonyl (C=O) groups is 1. The Bertz CT molecular complexity index is 481. The van der Waals surface area contributed by atoms with Crippen molar-refractivity contribution in [2.75, 3.05) is 13.2 Å². The van der Waals surface area contributed by atoms with Crippen molar-refractivity contribution in [3.8, 4) is 5.75 Å². The number of carbonyl (C=O) groups excluding carboxylic acids is 1. The molecule has 1 atom stereocenters. The van der Waals surface area contributed by atoms with Crippen molar-refractivity contribution in [3.63, 3.8) is 0 Å². The number of pyridine rings is 1. The molecule has 116 valence electrons. The summed E-state index contributed by atoms with van der Waals surface area (Å²) in [4.78, 5) is 17.7. The van der Waals surface area contributed by atoms with Crippen LogP contribution in [0, 0.1) is 0 Å². The van der Waals surface area contributed by atoms with E-state index in [1.165, 1.54) is 0 Å². The minimum absolute atomic E-state index is 0.0392. The van der Waals surface area contributed by atoms with E-state index in [0.717, 1.165) is 6.42 Å². The molecule has 1 fully saturated rings. The highest BCUT2D eigenvalue weighted by Gasteiger charge is 2.35. The van der Waals surface area contributed by atoms with Gasteiger partial charge in [-0.2, -0.15) is 0 Å². The van der Waals surface area contributed by atoms with Crippen molar-refractivity contribution in [1.82, 2.24) is 9.88 Å². The number of hydrogen-bond acceptors (Lipinski definition) is 5. The molecule has 1 saturated heterocycles. The fourth-order valence-electron chi connectivity index (χ4n) is 1.96. The van der Waals surface area contributed by atoms with Crippen LogP contribution in [0.4, 0.5) is 4.79 Å². The van der Waals surface area contributed by atoms with Gasteiger partial charge in [-0.05, 0) is 39.3 Å². The Morgan fingerprint density at radius 2 is 2.24 bits per heavy atom. The van der Waals surface area contributed by atoms with Crippen LogP contribution in [0.5, 0.6) is 5.75 Å². The maximum absolute atomic E-state index is 12.0. The van der Waals surface area contributed by atoms with Gasteiger partial charge >= 0.3 is 6.09 Å². The zero-order valence-electron chi connectivity index (χ0n) is 12.7. The third-order valence-electron chi connectivity index (χ3n) is 3.17. The fourth-order valence-corrected chi connectivity index (χ4v) is 1.96. The van der Waals surface area contributed by atoms with Crippen molar-refractivity contribution in [2.24, 2.45) is 0 Å². The standard InChI is InChI=1S/C15H22N2O4/c1-15(2,3)21-14(19)17-7-6-12(17)10-20-13-5-4-11(9-18)16-8-13/h4-5,8,12,18H,6-7,9-10H2,1-3H3/t12-/m0/s1. The second-order valence-corrected chi connectivity index (χ2v) is 6.07. The number of aliphatic hydroxyl groups is 1. The van der Waals surface area contributed by atoms with E-state index >= 15 is 0 Å². The first-order chi connectivity index (χ1) is 9.89. The zero-order chi connectivity index (χ0) is 15.5. The van der Waals surface area contributed by atoms with Crippen molar-refractivity contribution < 1.29 is 19.4 Å². The molecule has 1 aliphatic heterocycles. The summed E-state index contributed by atoms with van der Waals surface area (Å²) in [6.45, 7) is 6.58. The number of aliphatic hydroxyl groups excluding tert-OH is 1. The van der Waals surface area contributed by atoms with Crippen LogP contribution in [0.1, 0.15) is 32.9 Å². The summed E-state index contributed by atoms with van der Waals surface area (Å²) in [7, 11) is 0. The molecule has 2 rings (SSSR count). The van der Waals surface area contributed by atoms with Crippen LogP contribution in [0.3, 0.4) is 0 Å². The van der Waals surface area contributed by atoms with E-state index < -0.39 is 5.60 Å². The van der Waals surface area contributed by atoms with Gasteiger partial charge in [0.05, 0.1) is 24.5 Å². The summed E-state index contributed by atoms with van der Waals surface area (Å²) in [5.74, 6) is 0.628. The van der Waals surface area contributed by atoms with Crippen LogP contribution < -0.4 is 4.74 Å². The van der Waals surface area contributed by atoms with Gasteiger partial charge in [0.1, 0.15) is 18.0 Å². The Kier molecular flexibility index (Phi) is 4.67. The van der Waals surface area contributed by atoms with E-state index in [1.807, 2.05) is 20.8 Å². The van der Waals surface area contributed by atoms with Crippen LogP contribution in [-0.2, 0) is 11.3 Å². The minimum atomic E-state index is -0.484. The smallest absolute Gasteiger partial charge is 0.410 e. The third-order valence-corrected chi connectivity index (χ3v) is 3.17. The predicted molar refractivity (Wildman–Crippen MR) is 77.0 cm³/mol. The molecule has 2 heterocycles. The van der Waals surface area contributed by atoms with Gasteiger partial charge in [-0.3, -0.25) is 4.98 Å². The minimum Gasteiger partial charge on any atom is -0.490 e. The average Bonchev–Trinajstić information content (AvgIpc) is 2.36. The molecule has 1 aromatic rings. The Labute approximate surface area is 124 Å². The first-order valence-electron chi connectivity index (χ1n) is 7.07. The van der Waals surface area contributed by atoms with E-state index in [4.69, 9.17) is 14.6 Å². The van der Waals surface area contributed by atoms with Crippen molar-refractivity contribution >= 4 is 6.09 Å². The lowest BCUT2D eigenvalue weighted by Crippen LogP contribution is -2.55. The van der Waals surface area contributed by atoms with Gasteiger partial charge in [-0.15, -0.1) is 0 Å². The van der Waals surface area contributed by atoms with Crippen LogP contribution in [0.2, 0.25) is 0 Å². The maximum Gasteiger partial charge on any atom is 0.410 e. The SMILES string of the molecule is CC(C)(C)OC(=O)N1CC[C@H]1COc1ccc(CO)nc1. The number of nitrogens with zero attached hydrogens (tertiary/aromatic N) is 2. The molecule has 0 bridgehead atoms. The number of ether oxygens (including phenoxy) is 2. The third kappa shape index (κ3) is 4.32. The van der Waals surface area contributed by atoms with Crippen LogP contribution in [0.25, 0.3) is 0 Å². The maximum atomic E-state index is 12.0. The lowest BCUT2D eigenvalue weighted by Gasteiger charge is -2.40. The molecule has 1 aromatic heterocycles. The van der Waals surface area contributed by atoms with Crippen molar-refractivity contribution in [1.29, 1.82) is 0 Å². The molecule has 1 aliphatic rings. The fraction of sp³-hybridized carbons (Fsp3) is 0.600. The Hall–Kier alpha value is -1.82. The van der Waals surface area contributed by atoms with E-state index in [0.29, 0.717) is 24.6 Å². The lowest BCUT2D eigenvalue weighted by molar-refractivity contribution is -0.0141. The summed E-state index contributed by atoms with van der Waals surface area (Å²) < 4.78 is 11.0. The average molecular weight is 294 g/mol. The lowest BCUT2D eigenvalue weighted by atomic mass is 10.1. The molecular formula is C15H22N2O4. The first-order valence-corrected chi connectivity index (χ1v) is 7.07. The van der Waals surface area contributed by atoms with E-state index in [-0.39, 0.29) is 18.7 Å². The molecule has 6 nitrogen and oxygen atoms in total. The highest BCUT2D eigenvalue weighted by atomic mass is 16.6. The van der Waals surface area contributed by atoms with Crippen LogP contribution >= 0.6 is 0 Å². The van der Waals surface area contributed by atoms with Crippen molar-refractivity contribution in [2.45, 2.75) is 45.4 Å². The van der Waals surface area contributed by atoms with E-state index in [1.54, 1.807) is 23.2 Å². The number of likely N-dealkylation sites (tertiary alicyclic amines) is 1. The summed E-state index contributed by atoms with van der Waals surface area (Å²) in [6.07, 6.45) is 2.18. The summed E-state index contributed by atoms with van der Waals surface area (Å²) >= 11 is 0. The summed E-state index contributed by atoms with van der Waals surface area (Å²) in [5.41, 5.74) is 0.114. The molecule has 0 saturated carbocycles. The topological polar surface area (TPSA) is 71.9 Å². The van der Waals surface area contributed by atoms with Crippen LogP contribution in [0.15, 0.2) is 18.3 Å². The Morgan fingerprint density at radius 1 is 1.48 bits per heavy atom. The predicted octanol–water partition coefficient (Wildman–Crippen LogP) is 1.96. The number of hydrogen-bond donors (Lipinski definition) is 1. The molecule has 0 radical (unpaired) electrons. The quantitative estimate of drug-likeness (QED) is 0.919. The second-order valence-electron chi connectivity index (χ2n) is 6.07. The van der Waals surface area contributed by atoms with E-state index in [2.05, 4.69) is 4.98 Å². The van der Waals surface area contributed by atoms with Crippen LogP contribution in [-0.4, -0.2) is 45.9 Å². The molecular weight excluding hydrogens is 272 g/mol. The molecule has 0 aliphatic carbocycles. The Balaban J connectivity index is 1.82. The van der Waals surface area contributed by atoms with Gasteiger partial charge in [0.25, 0.3) is 0 Å². The van der Waals surface area contributed by atoms with Crippen molar-refractivity contribution in [3.05, 3.63) is 24.0 Å².